The molecule has 1 heterocycles. The van der Waals surface area contributed by atoms with Gasteiger partial charge in [-0.1, -0.05) is 13.0 Å². The van der Waals surface area contributed by atoms with Crippen LogP contribution >= 0.6 is 0 Å². The van der Waals surface area contributed by atoms with Crippen LogP contribution in [0.15, 0.2) is 18.2 Å². The Kier molecular flexibility index (Phi) is 2.81. The molecule has 1 saturated carbocycles. The summed E-state index contributed by atoms with van der Waals surface area (Å²) in [5, 5.41) is 9.24. The number of imidazole rings is 1. The van der Waals surface area contributed by atoms with Gasteiger partial charge in [-0.05, 0) is 44.2 Å². The van der Waals surface area contributed by atoms with Crippen LogP contribution in [0.1, 0.15) is 48.4 Å². The zero-order valence-electron chi connectivity index (χ0n) is 11.3. The van der Waals surface area contributed by atoms with E-state index in [2.05, 4.69) is 16.5 Å². The number of carbonyl (C=O) groups is 1. The van der Waals surface area contributed by atoms with Gasteiger partial charge in [0.1, 0.15) is 11.3 Å². The van der Waals surface area contributed by atoms with Gasteiger partial charge in [0.15, 0.2) is 0 Å². The molecule has 2 aromatic rings. The van der Waals surface area contributed by atoms with Gasteiger partial charge in [0.25, 0.3) is 0 Å². The summed E-state index contributed by atoms with van der Waals surface area (Å²) in [6.07, 6.45) is 3.55. The van der Waals surface area contributed by atoms with Crippen molar-refractivity contribution in [2.45, 2.75) is 39.2 Å². The fourth-order valence-corrected chi connectivity index (χ4v) is 3.28. The molecule has 1 aromatic heterocycles. The van der Waals surface area contributed by atoms with Crippen LogP contribution in [0.5, 0.6) is 0 Å². The first-order valence-electron chi connectivity index (χ1n) is 6.78. The van der Waals surface area contributed by atoms with E-state index in [9.17, 15) is 9.90 Å². The maximum absolute atomic E-state index is 11.3. The van der Waals surface area contributed by atoms with Gasteiger partial charge in [-0.15, -0.1) is 0 Å². The highest BCUT2D eigenvalue weighted by Gasteiger charge is 2.26. The van der Waals surface area contributed by atoms with Crippen molar-refractivity contribution in [1.82, 2.24) is 9.55 Å². The van der Waals surface area contributed by atoms with Gasteiger partial charge >= 0.3 is 5.97 Å². The van der Waals surface area contributed by atoms with Crippen molar-refractivity contribution in [3.8, 4) is 0 Å². The minimum Gasteiger partial charge on any atom is -0.478 e. The van der Waals surface area contributed by atoms with E-state index in [1.165, 1.54) is 6.42 Å². The van der Waals surface area contributed by atoms with E-state index in [0.717, 1.165) is 30.1 Å². The Balaban J connectivity index is 2.18. The molecule has 1 aliphatic carbocycles. The van der Waals surface area contributed by atoms with Crippen molar-refractivity contribution in [1.29, 1.82) is 0 Å². The van der Waals surface area contributed by atoms with Gasteiger partial charge in [-0.2, -0.15) is 0 Å². The average Bonchev–Trinajstić information content (AvgIpc) is 2.90. The summed E-state index contributed by atoms with van der Waals surface area (Å²) in [6, 6.07) is 5.87. The zero-order valence-corrected chi connectivity index (χ0v) is 11.3. The third-order valence-electron chi connectivity index (χ3n) is 4.16. The molecule has 4 nitrogen and oxygen atoms in total. The van der Waals surface area contributed by atoms with Crippen LogP contribution in [0.3, 0.4) is 0 Å². The molecule has 2 unspecified atom stereocenters. The summed E-state index contributed by atoms with van der Waals surface area (Å²) in [5.74, 6) is 0.752. The van der Waals surface area contributed by atoms with Crippen LogP contribution in [-0.4, -0.2) is 20.6 Å². The second-order valence-electron chi connectivity index (χ2n) is 5.58. The molecular weight excluding hydrogens is 240 g/mol. The Labute approximate surface area is 112 Å². The first kappa shape index (κ1) is 12.2. The van der Waals surface area contributed by atoms with E-state index < -0.39 is 5.97 Å². The van der Waals surface area contributed by atoms with Crippen molar-refractivity contribution in [2.24, 2.45) is 5.92 Å². The molecule has 19 heavy (non-hydrogen) atoms. The zero-order chi connectivity index (χ0) is 13.6. The number of rotatable bonds is 2. The number of aryl methyl sites for hydroxylation is 1. The molecule has 0 bridgehead atoms. The lowest BCUT2D eigenvalue weighted by Gasteiger charge is -2.15. The first-order chi connectivity index (χ1) is 9.08. The maximum Gasteiger partial charge on any atom is 0.337 e. The van der Waals surface area contributed by atoms with Crippen LogP contribution < -0.4 is 0 Å². The molecule has 0 radical (unpaired) electrons. The van der Waals surface area contributed by atoms with Crippen LogP contribution in [0.4, 0.5) is 0 Å². The van der Waals surface area contributed by atoms with Crippen molar-refractivity contribution >= 4 is 17.0 Å². The highest BCUT2D eigenvalue weighted by atomic mass is 16.4. The largest absolute Gasteiger partial charge is 0.478 e. The van der Waals surface area contributed by atoms with E-state index in [1.807, 2.05) is 19.1 Å². The van der Waals surface area contributed by atoms with E-state index in [0.29, 0.717) is 17.1 Å². The number of para-hydroxylation sites is 1. The second-order valence-corrected chi connectivity index (χ2v) is 5.58. The number of fused-ring (bicyclic) bond motifs is 1. The quantitative estimate of drug-likeness (QED) is 0.898. The molecule has 1 aromatic carbocycles. The summed E-state index contributed by atoms with van der Waals surface area (Å²) < 4.78 is 2.23. The average molecular weight is 258 g/mol. The highest BCUT2D eigenvalue weighted by Crippen LogP contribution is 2.37. The molecule has 4 heteroatoms. The lowest BCUT2D eigenvalue weighted by molar-refractivity contribution is 0.0699. The number of nitrogens with zero attached hydrogens (tertiary/aromatic N) is 2. The van der Waals surface area contributed by atoms with Crippen molar-refractivity contribution in [3.05, 3.63) is 29.6 Å². The Hall–Kier alpha value is -1.84. The lowest BCUT2D eigenvalue weighted by atomic mass is 10.1. The Bertz CT molecular complexity index is 645. The van der Waals surface area contributed by atoms with Gasteiger partial charge < -0.3 is 9.67 Å². The molecule has 0 saturated heterocycles. The number of benzene rings is 1. The number of aromatic carboxylic acids is 1. The van der Waals surface area contributed by atoms with E-state index in [4.69, 9.17) is 0 Å². The van der Waals surface area contributed by atoms with E-state index in [1.54, 1.807) is 6.07 Å². The number of hydrogen-bond donors (Lipinski definition) is 1. The number of hydrogen-bond acceptors (Lipinski definition) is 2. The lowest BCUT2D eigenvalue weighted by Crippen LogP contribution is -2.07. The number of carboxylic acids is 1. The smallest absolute Gasteiger partial charge is 0.337 e. The fraction of sp³-hybridized carbons (Fsp3) is 0.467. The molecule has 1 aliphatic rings. The third kappa shape index (κ3) is 1.91. The van der Waals surface area contributed by atoms with Gasteiger partial charge in [-0.25, -0.2) is 9.78 Å². The molecule has 100 valence electrons. The normalized spacial score (nSPS) is 23.1. The van der Waals surface area contributed by atoms with Crippen LogP contribution in [0.2, 0.25) is 0 Å². The van der Waals surface area contributed by atoms with Crippen molar-refractivity contribution in [2.75, 3.05) is 0 Å². The Morgan fingerprint density at radius 3 is 2.84 bits per heavy atom. The van der Waals surface area contributed by atoms with E-state index in [-0.39, 0.29) is 0 Å². The van der Waals surface area contributed by atoms with Gasteiger partial charge in [0.05, 0.1) is 11.1 Å². The summed E-state index contributed by atoms with van der Waals surface area (Å²) in [6.45, 7) is 4.24. The third-order valence-corrected chi connectivity index (χ3v) is 4.16. The minimum atomic E-state index is -0.907. The highest BCUT2D eigenvalue weighted by molar-refractivity contribution is 6.01. The summed E-state index contributed by atoms with van der Waals surface area (Å²) >= 11 is 0. The summed E-state index contributed by atoms with van der Waals surface area (Å²) in [4.78, 5) is 15.7. The fourth-order valence-electron chi connectivity index (χ4n) is 3.28. The van der Waals surface area contributed by atoms with E-state index >= 15 is 0 Å². The standard InChI is InChI=1S/C15H18N2O2/c1-9-6-7-11(8-9)17-10(2)16-14-12(15(18)19)4-3-5-13(14)17/h3-5,9,11H,6-8H2,1-2H3,(H,18,19). The molecule has 1 fully saturated rings. The van der Waals surface area contributed by atoms with Crippen LogP contribution in [0, 0.1) is 12.8 Å². The predicted molar refractivity (Wildman–Crippen MR) is 73.5 cm³/mol. The molecule has 0 aliphatic heterocycles. The van der Waals surface area contributed by atoms with Crippen molar-refractivity contribution in [3.63, 3.8) is 0 Å². The molecule has 3 rings (SSSR count). The molecule has 2 atom stereocenters. The summed E-state index contributed by atoms with van der Waals surface area (Å²) in [7, 11) is 0. The topological polar surface area (TPSA) is 55.1 Å². The Morgan fingerprint density at radius 2 is 2.21 bits per heavy atom. The molecule has 0 amide bonds. The predicted octanol–water partition coefficient (Wildman–Crippen LogP) is 3.40. The Morgan fingerprint density at radius 1 is 1.42 bits per heavy atom. The minimum absolute atomic E-state index is 0.297. The SMILES string of the molecule is Cc1nc2c(C(=O)O)cccc2n1C1CCC(C)C1. The van der Waals surface area contributed by atoms with Gasteiger partial charge in [0.2, 0.25) is 0 Å². The number of carboxylic acid groups (broad SMARTS) is 1. The molecule has 1 N–H and O–H groups in total. The summed E-state index contributed by atoms with van der Waals surface area (Å²) in [5.41, 5.74) is 1.87. The van der Waals surface area contributed by atoms with Crippen molar-refractivity contribution < 1.29 is 9.90 Å². The molecular formula is C15H18N2O2. The monoisotopic (exact) mass is 258 g/mol. The second kappa shape index (κ2) is 4.37. The molecule has 0 spiro atoms. The first-order valence-corrected chi connectivity index (χ1v) is 6.78. The van der Waals surface area contributed by atoms with Crippen LogP contribution in [-0.2, 0) is 0 Å². The maximum atomic E-state index is 11.3. The van der Waals surface area contributed by atoms with Gasteiger partial charge in [0, 0.05) is 6.04 Å². The van der Waals surface area contributed by atoms with Crippen LogP contribution in [0.25, 0.3) is 11.0 Å². The number of aromatic nitrogens is 2. The van der Waals surface area contributed by atoms with Gasteiger partial charge in [-0.3, -0.25) is 0 Å².